The summed E-state index contributed by atoms with van der Waals surface area (Å²) in [5, 5.41) is 9.85. The summed E-state index contributed by atoms with van der Waals surface area (Å²) in [6, 6.07) is 18.4. The highest BCUT2D eigenvalue weighted by atomic mass is 16.5. The summed E-state index contributed by atoms with van der Waals surface area (Å²) in [7, 11) is 0. The largest absolute Gasteiger partial charge is 0.493 e. The van der Waals surface area contributed by atoms with Crippen LogP contribution in [-0.2, 0) is 22.7 Å². The zero-order valence-electron chi connectivity index (χ0n) is 21.6. The van der Waals surface area contributed by atoms with Crippen LogP contribution in [-0.4, -0.2) is 77.1 Å². The zero-order chi connectivity index (χ0) is 25.6. The molecule has 0 unspecified atom stereocenters. The molecule has 5 rings (SSSR count). The van der Waals surface area contributed by atoms with Crippen LogP contribution >= 0.6 is 0 Å². The fourth-order valence-electron chi connectivity index (χ4n) is 6.07. The summed E-state index contributed by atoms with van der Waals surface area (Å²) in [5.41, 5.74) is 2.28. The molecule has 37 heavy (non-hydrogen) atoms. The number of piperidine rings is 1. The Labute approximate surface area is 220 Å². The number of nitrogens with zero attached hydrogens (tertiary/aromatic N) is 3. The van der Waals surface area contributed by atoms with Gasteiger partial charge in [-0.1, -0.05) is 48.5 Å². The fraction of sp³-hybridized carbons (Fsp3) is 0.533. The third-order valence-electron chi connectivity index (χ3n) is 8.15. The van der Waals surface area contributed by atoms with E-state index in [-0.39, 0.29) is 23.7 Å². The lowest BCUT2D eigenvalue weighted by Gasteiger charge is -2.39. The predicted molar refractivity (Wildman–Crippen MR) is 142 cm³/mol. The van der Waals surface area contributed by atoms with Crippen molar-refractivity contribution in [3.63, 3.8) is 0 Å². The molecule has 0 spiro atoms. The molecule has 3 aliphatic heterocycles. The van der Waals surface area contributed by atoms with Crippen molar-refractivity contribution >= 4 is 11.8 Å². The number of rotatable bonds is 4. The maximum absolute atomic E-state index is 13.6. The van der Waals surface area contributed by atoms with E-state index in [0.29, 0.717) is 65.3 Å². The Bertz CT molecular complexity index is 1060. The molecule has 3 aliphatic rings. The van der Waals surface area contributed by atoms with Crippen LogP contribution < -0.4 is 4.74 Å². The highest BCUT2D eigenvalue weighted by Crippen LogP contribution is 2.32. The predicted octanol–water partition coefficient (Wildman–Crippen LogP) is 3.31. The molecule has 2 aromatic carbocycles. The highest BCUT2D eigenvalue weighted by Gasteiger charge is 2.35. The van der Waals surface area contributed by atoms with E-state index < -0.39 is 6.10 Å². The van der Waals surface area contributed by atoms with Gasteiger partial charge in [0.1, 0.15) is 5.75 Å². The lowest BCUT2D eigenvalue weighted by atomic mass is 9.80. The Kier molecular flexibility index (Phi) is 8.41. The van der Waals surface area contributed by atoms with Crippen molar-refractivity contribution in [2.24, 2.45) is 11.8 Å². The first kappa shape index (κ1) is 25.7. The van der Waals surface area contributed by atoms with Crippen LogP contribution in [0.15, 0.2) is 54.6 Å². The fourth-order valence-corrected chi connectivity index (χ4v) is 6.07. The lowest BCUT2D eigenvalue weighted by Crippen LogP contribution is -2.48. The second-order valence-electron chi connectivity index (χ2n) is 10.9. The van der Waals surface area contributed by atoms with E-state index in [1.807, 2.05) is 46.2 Å². The van der Waals surface area contributed by atoms with E-state index in [2.05, 4.69) is 23.1 Å². The Balaban J connectivity index is 1.32. The van der Waals surface area contributed by atoms with Gasteiger partial charge in [0, 0.05) is 51.3 Å². The van der Waals surface area contributed by atoms with Crippen LogP contribution in [0, 0.1) is 11.8 Å². The quantitative estimate of drug-likeness (QED) is 0.690. The van der Waals surface area contributed by atoms with Gasteiger partial charge in [0.05, 0.1) is 19.3 Å². The second kappa shape index (κ2) is 12.1. The molecule has 2 bridgehead atoms. The van der Waals surface area contributed by atoms with E-state index in [1.165, 1.54) is 5.56 Å². The van der Waals surface area contributed by atoms with Gasteiger partial charge >= 0.3 is 0 Å². The van der Waals surface area contributed by atoms with Crippen molar-refractivity contribution in [3.8, 4) is 5.75 Å². The monoisotopic (exact) mass is 505 g/mol. The number of fused-ring (bicyclic) bond motifs is 3. The highest BCUT2D eigenvalue weighted by molar-refractivity contribution is 5.79. The lowest BCUT2D eigenvalue weighted by molar-refractivity contribution is -0.136. The van der Waals surface area contributed by atoms with E-state index in [4.69, 9.17) is 4.74 Å². The second-order valence-corrected chi connectivity index (χ2v) is 10.9. The Morgan fingerprint density at radius 1 is 0.946 bits per heavy atom. The van der Waals surface area contributed by atoms with Crippen LogP contribution in [0.25, 0.3) is 0 Å². The summed E-state index contributed by atoms with van der Waals surface area (Å²) in [5.74, 6) is 1.72. The van der Waals surface area contributed by atoms with Crippen molar-refractivity contribution in [3.05, 3.63) is 65.7 Å². The first-order chi connectivity index (χ1) is 18.0. The van der Waals surface area contributed by atoms with Gasteiger partial charge in [0.25, 0.3) is 0 Å². The maximum Gasteiger partial charge on any atom is 0.236 e. The first-order valence-corrected chi connectivity index (χ1v) is 13.8. The van der Waals surface area contributed by atoms with E-state index >= 15 is 0 Å². The van der Waals surface area contributed by atoms with Crippen LogP contribution in [0.2, 0.25) is 0 Å². The van der Waals surface area contributed by atoms with Crippen LogP contribution in [0.3, 0.4) is 0 Å². The molecular formula is C30H39N3O4. The molecule has 2 saturated heterocycles. The van der Waals surface area contributed by atoms with Crippen molar-refractivity contribution < 1.29 is 19.4 Å². The number of hydrogen-bond donors (Lipinski definition) is 1. The summed E-state index contributed by atoms with van der Waals surface area (Å²) in [6.45, 7) is 4.81. The minimum absolute atomic E-state index is 0.142. The smallest absolute Gasteiger partial charge is 0.236 e. The van der Waals surface area contributed by atoms with Crippen molar-refractivity contribution in [1.82, 2.24) is 14.7 Å². The molecule has 0 radical (unpaired) electrons. The average molecular weight is 506 g/mol. The summed E-state index contributed by atoms with van der Waals surface area (Å²) >= 11 is 0. The molecule has 2 amide bonds. The first-order valence-electron chi connectivity index (χ1n) is 13.8. The van der Waals surface area contributed by atoms with Crippen molar-refractivity contribution in [2.45, 2.75) is 51.3 Å². The number of carbonyl (C=O) groups excluding carboxylic acids is 2. The summed E-state index contributed by atoms with van der Waals surface area (Å²) in [6.07, 6.45) is 3.44. The van der Waals surface area contributed by atoms with Gasteiger partial charge < -0.3 is 19.6 Å². The van der Waals surface area contributed by atoms with Crippen molar-refractivity contribution in [1.29, 1.82) is 0 Å². The Morgan fingerprint density at radius 2 is 1.76 bits per heavy atom. The molecule has 7 heteroatoms. The summed E-state index contributed by atoms with van der Waals surface area (Å²) < 4.78 is 6.25. The Hall–Kier alpha value is -2.90. The number of amides is 2. The maximum atomic E-state index is 13.6. The molecular weight excluding hydrogens is 466 g/mol. The molecule has 1 N–H and O–H groups in total. The molecule has 3 atom stereocenters. The Morgan fingerprint density at radius 3 is 2.57 bits per heavy atom. The number of β-amino-alcohol motifs (C(OH)–C–C–N with tert-alkyl or cyclic N) is 1. The molecule has 2 fully saturated rings. The minimum atomic E-state index is -0.396. The minimum Gasteiger partial charge on any atom is -0.493 e. The van der Waals surface area contributed by atoms with Crippen LogP contribution in [0.1, 0.15) is 43.2 Å². The number of aliphatic hydroxyl groups is 1. The van der Waals surface area contributed by atoms with Crippen LogP contribution in [0.4, 0.5) is 0 Å². The average Bonchev–Trinajstić information content (AvgIpc) is 3.35. The molecule has 2 aromatic rings. The van der Waals surface area contributed by atoms with E-state index in [9.17, 15) is 14.7 Å². The van der Waals surface area contributed by atoms with Gasteiger partial charge in [-0.2, -0.15) is 0 Å². The normalized spacial score (nSPS) is 25.4. The van der Waals surface area contributed by atoms with E-state index in [0.717, 1.165) is 30.6 Å². The topological polar surface area (TPSA) is 73.3 Å². The van der Waals surface area contributed by atoms with Gasteiger partial charge in [0.2, 0.25) is 11.8 Å². The molecule has 7 nitrogen and oxygen atoms in total. The number of ether oxygens (including phenoxy) is 1. The molecule has 0 aromatic heterocycles. The van der Waals surface area contributed by atoms with Crippen LogP contribution in [0.5, 0.6) is 5.75 Å². The van der Waals surface area contributed by atoms with Gasteiger partial charge in [-0.25, -0.2) is 0 Å². The standard InChI is InChI=1S/C30H39N3O4/c34-27-13-15-33(21-27)29(35)17-24-12-14-32-20-25(24)10-6-16-37-28-11-5-4-9-26(28)19-31(22-30(32)36)18-23-7-2-1-3-8-23/h1-5,7-9,11,24-25,27,34H,6,10,12-22H2/t24-,25-,27+/m0/s1. The number of likely N-dealkylation sites (tertiary alicyclic amines) is 1. The number of benzene rings is 2. The number of para-hydroxylation sites is 1. The third-order valence-corrected chi connectivity index (χ3v) is 8.15. The van der Waals surface area contributed by atoms with Gasteiger partial charge in [0.15, 0.2) is 0 Å². The SMILES string of the molecule is O=C(C[C@@H]1CCN2C[C@@H]1CCCOc1ccccc1CN(Cc1ccccc1)CC2=O)N1CC[C@@H](O)C1. The molecule has 3 heterocycles. The number of hydrogen-bond acceptors (Lipinski definition) is 5. The summed E-state index contributed by atoms with van der Waals surface area (Å²) in [4.78, 5) is 32.6. The molecule has 0 aliphatic carbocycles. The van der Waals surface area contributed by atoms with E-state index in [1.54, 1.807) is 0 Å². The molecule has 0 saturated carbocycles. The molecule has 198 valence electrons. The third kappa shape index (κ3) is 6.70. The number of aliphatic hydroxyl groups excluding tert-OH is 1. The van der Waals surface area contributed by atoms with Gasteiger partial charge in [-0.05, 0) is 49.1 Å². The van der Waals surface area contributed by atoms with Gasteiger partial charge in [-0.15, -0.1) is 0 Å². The zero-order valence-corrected chi connectivity index (χ0v) is 21.6. The van der Waals surface area contributed by atoms with Gasteiger partial charge in [-0.3, -0.25) is 14.5 Å². The van der Waals surface area contributed by atoms with Crippen molar-refractivity contribution in [2.75, 3.05) is 39.3 Å². The number of carbonyl (C=O) groups is 2.